The summed E-state index contributed by atoms with van der Waals surface area (Å²) in [5.41, 5.74) is -8.69. The van der Waals surface area contributed by atoms with Crippen molar-refractivity contribution in [1.82, 2.24) is 0 Å². The van der Waals surface area contributed by atoms with Gasteiger partial charge in [0.2, 0.25) is 0 Å². The van der Waals surface area contributed by atoms with E-state index in [0.717, 1.165) is 0 Å². The van der Waals surface area contributed by atoms with Crippen LogP contribution in [0.5, 0.6) is 0 Å². The molecule has 1 fully saturated rings. The third-order valence-electron chi connectivity index (χ3n) is 7.13. The van der Waals surface area contributed by atoms with Gasteiger partial charge < -0.3 is 19.7 Å². The normalized spacial score (nSPS) is 18.7. The molecular weight excluding hydrogens is 588 g/mol. The van der Waals surface area contributed by atoms with Gasteiger partial charge in [-0.3, -0.25) is 0 Å². The van der Waals surface area contributed by atoms with Crippen LogP contribution in [-0.4, -0.2) is 28.2 Å². The fourth-order valence-electron chi connectivity index (χ4n) is 5.46. The van der Waals surface area contributed by atoms with Gasteiger partial charge in [0.15, 0.2) is 5.79 Å². The Labute approximate surface area is 239 Å². The van der Waals surface area contributed by atoms with Crippen molar-refractivity contribution in [1.29, 1.82) is 0 Å². The number of benzene rings is 4. The van der Waals surface area contributed by atoms with Crippen LogP contribution in [0.25, 0.3) is 0 Å². The molecule has 0 bridgehead atoms. The summed E-state index contributed by atoms with van der Waals surface area (Å²) in [6.45, 7) is 2.52. The van der Waals surface area contributed by atoms with E-state index in [1.165, 1.54) is 13.8 Å². The van der Waals surface area contributed by atoms with Gasteiger partial charge in [-0.25, -0.2) is 35.1 Å². The predicted octanol–water partition coefficient (Wildman–Crippen LogP) is 6.49. The van der Waals surface area contributed by atoms with E-state index in [2.05, 4.69) is 0 Å². The molecule has 43 heavy (non-hydrogen) atoms. The molecule has 0 amide bonds. The molecule has 12 heteroatoms. The molecule has 0 aliphatic carbocycles. The zero-order valence-electron chi connectivity index (χ0n) is 22.3. The molecule has 0 saturated carbocycles. The number of rotatable bonds is 6. The SMILES string of the molecule is CC1(C)OC(C(O)(c2cc(F)cc(F)c2)c2cc(F)cc(F)c2)C(C(O)(c2cc(F)cc(F)c2)c2cc(F)cc(F)c2)O1. The third-order valence-corrected chi connectivity index (χ3v) is 7.13. The average Bonchev–Trinajstić information content (AvgIpc) is 3.21. The average molecular weight is 610 g/mol. The molecule has 2 unspecified atom stereocenters. The van der Waals surface area contributed by atoms with Gasteiger partial charge in [-0.1, -0.05) is 0 Å². The van der Waals surface area contributed by atoms with Gasteiger partial charge >= 0.3 is 0 Å². The lowest BCUT2D eigenvalue weighted by molar-refractivity contribution is -0.172. The maximum Gasteiger partial charge on any atom is 0.164 e. The summed E-state index contributed by atoms with van der Waals surface area (Å²) in [4.78, 5) is 0. The Hall–Kier alpha value is -3.84. The number of halogens is 8. The number of hydrogen-bond donors (Lipinski definition) is 2. The summed E-state index contributed by atoms with van der Waals surface area (Å²) in [6.07, 6.45) is -4.26. The second kappa shape index (κ2) is 10.7. The monoisotopic (exact) mass is 610 g/mol. The van der Waals surface area contributed by atoms with E-state index in [1.54, 1.807) is 0 Å². The summed E-state index contributed by atoms with van der Waals surface area (Å²) < 4.78 is 128. The van der Waals surface area contributed by atoms with Gasteiger partial charge in [0.25, 0.3) is 0 Å². The smallest absolute Gasteiger partial charge is 0.164 e. The Bertz CT molecular complexity index is 1400. The maximum atomic E-state index is 14.5. The Morgan fingerprint density at radius 2 is 0.628 bits per heavy atom. The molecule has 1 heterocycles. The predicted molar refractivity (Wildman–Crippen MR) is 135 cm³/mol. The van der Waals surface area contributed by atoms with E-state index in [0.29, 0.717) is 72.8 Å². The van der Waals surface area contributed by atoms with Gasteiger partial charge in [-0.15, -0.1) is 0 Å². The second-order valence-electron chi connectivity index (χ2n) is 10.6. The first kappa shape index (κ1) is 30.6. The molecule has 0 spiro atoms. The van der Waals surface area contributed by atoms with E-state index in [9.17, 15) is 45.3 Å². The van der Waals surface area contributed by atoms with E-state index in [1.807, 2.05) is 0 Å². The van der Waals surface area contributed by atoms with Crippen molar-refractivity contribution in [3.8, 4) is 0 Å². The van der Waals surface area contributed by atoms with Gasteiger partial charge in [-0.2, -0.15) is 0 Å². The Kier molecular flexibility index (Phi) is 7.62. The maximum absolute atomic E-state index is 14.5. The quantitative estimate of drug-likeness (QED) is 0.245. The zero-order valence-corrected chi connectivity index (χ0v) is 22.3. The van der Waals surface area contributed by atoms with Gasteiger partial charge in [0.1, 0.15) is 69.9 Å². The molecule has 226 valence electrons. The van der Waals surface area contributed by atoms with Crippen LogP contribution in [0.1, 0.15) is 36.1 Å². The number of hydrogen-bond acceptors (Lipinski definition) is 4. The summed E-state index contributed by atoms with van der Waals surface area (Å²) >= 11 is 0. The van der Waals surface area contributed by atoms with Crippen molar-refractivity contribution in [2.24, 2.45) is 0 Å². The van der Waals surface area contributed by atoms with E-state index < -0.39 is 98.0 Å². The highest BCUT2D eigenvalue weighted by molar-refractivity contribution is 5.44. The molecule has 1 aliphatic heterocycles. The van der Waals surface area contributed by atoms with Gasteiger partial charge in [0, 0.05) is 24.3 Å². The molecule has 2 atom stereocenters. The Balaban J connectivity index is 1.86. The van der Waals surface area contributed by atoms with Crippen molar-refractivity contribution in [2.45, 2.75) is 43.0 Å². The van der Waals surface area contributed by atoms with Crippen molar-refractivity contribution in [2.75, 3.05) is 0 Å². The highest BCUT2D eigenvalue weighted by atomic mass is 19.2. The molecular formula is C31H22F8O4. The van der Waals surface area contributed by atoms with Crippen molar-refractivity contribution in [3.63, 3.8) is 0 Å². The lowest BCUT2D eigenvalue weighted by Crippen LogP contribution is -2.55. The number of ether oxygens (including phenoxy) is 2. The van der Waals surface area contributed by atoms with Crippen LogP contribution in [0.15, 0.2) is 72.8 Å². The number of aliphatic hydroxyl groups is 2. The Morgan fingerprint density at radius 1 is 0.442 bits per heavy atom. The molecule has 4 aromatic rings. The fourth-order valence-corrected chi connectivity index (χ4v) is 5.46. The van der Waals surface area contributed by atoms with E-state index in [4.69, 9.17) is 9.47 Å². The first-order valence-electron chi connectivity index (χ1n) is 12.7. The standard InChI is InChI=1S/C31H22F8O4/c1-29(2)42-27(30(40,15-3-19(32)11-20(33)4-15)16-5-21(34)12-22(35)6-16)28(43-29)31(41,17-7-23(36)13-24(37)8-17)18-9-25(38)14-26(39)10-18/h3-14,27-28,40-41H,1-2H3. The minimum atomic E-state index is -2.99. The lowest BCUT2D eigenvalue weighted by atomic mass is 9.72. The molecule has 2 N–H and O–H groups in total. The minimum Gasteiger partial charge on any atom is -0.378 e. The summed E-state index contributed by atoms with van der Waals surface area (Å²) in [7, 11) is 0. The van der Waals surface area contributed by atoms with Gasteiger partial charge in [-0.05, 0) is 84.6 Å². The molecule has 1 aliphatic rings. The van der Waals surface area contributed by atoms with Crippen LogP contribution < -0.4 is 0 Å². The minimum absolute atomic E-state index is 0.449. The van der Waals surface area contributed by atoms with E-state index >= 15 is 0 Å². The Morgan fingerprint density at radius 3 is 0.814 bits per heavy atom. The van der Waals surface area contributed by atoms with Crippen LogP contribution in [0, 0.1) is 46.5 Å². The first-order valence-corrected chi connectivity index (χ1v) is 12.7. The molecule has 4 aromatic carbocycles. The summed E-state index contributed by atoms with van der Waals surface area (Å²) in [5, 5.41) is 24.7. The van der Waals surface area contributed by atoms with Crippen molar-refractivity contribution in [3.05, 3.63) is 142 Å². The van der Waals surface area contributed by atoms with Crippen LogP contribution in [0.2, 0.25) is 0 Å². The van der Waals surface area contributed by atoms with Crippen molar-refractivity contribution >= 4 is 0 Å². The second-order valence-corrected chi connectivity index (χ2v) is 10.6. The van der Waals surface area contributed by atoms with Crippen LogP contribution >= 0.6 is 0 Å². The molecule has 5 rings (SSSR count). The van der Waals surface area contributed by atoms with Crippen LogP contribution in [0.4, 0.5) is 35.1 Å². The fraction of sp³-hybridized carbons (Fsp3) is 0.226. The molecule has 0 radical (unpaired) electrons. The lowest BCUT2D eigenvalue weighted by Gasteiger charge is -2.42. The summed E-state index contributed by atoms with van der Waals surface area (Å²) in [6, 6.07) is 6.80. The molecule has 1 saturated heterocycles. The van der Waals surface area contributed by atoms with Crippen molar-refractivity contribution < 1.29 is 54.8 Å². The van der Waals surface area contributed by atoms with Crippen LogP contribution in [-0.2, 0) is 20.7 Å². The van der Waals surface area contributed by atoms with Gasteiger partial charge in [0.05, 0.1) is 0 Å². The van der Waals surface area contributed by atoms with Crippen LogP contribution in [0.3, 0.4) is 0 Å². The highest BCUT2D eigenvalue weighted by Gasteiger charge is 2.61. The molecule has 4 nitrogen and oxygen atoms in total. The van der Waals surface area contributed by atoms with E-state index in [-0.39, 0.29) is 0 Å². The highest BCUT2D eigenvalue weighted by Crippen LogP contribution is 2.51. The largest absolute Gasteiger partial charge is 0.378 e. The summed E-state index contributed by atoms with van der Waals surface area (Å²) in [5.74, 6) is -11.7. The first-order chi connectivity index (χ1) is 20.0. The zero-order chi connectivity index (χ0) is 31.5. The third kappa shape index (κ3) is 5.63. The molecule has 0 aromatic heterocycles. The topological polar surface area (TPSA) is 58.9 Å².